The summed E-state index contributed by atoms with van der Waals surface area (Å²) in [5.41, 5.74) is 0.159. The van der Waals surface area contributed by atoms with E-state index in [1.807, 2.05) is 0 Å². The van der Waals surface area contributed by atoms with Crippen molar-refractivity contribution in [3.8, 4) is 5.69 Å². The average Bonchev–Trinajstić information content (AvgIpc) is 2.72. The molecule has 0 radical (unpaired) electrons. The molecule has 1 heterocycles. The highest BCUT2D eigenvalue weighted by atomic mass is 35.5. The van der Waals surface area contributed by atoms with Crippen LogP contribution in [0.15, 0.2) is 18.5 Å². The van der Waals surface area contributed by atoms with Crippen LogP contribution in [0.3, 0.4) is 0 Å². The van der Waals surface area contributed by atoms with Gasteiger partial charge in [-0.3, -0.25) is 4.57 Å². The van der Waals surface area contributed by atoms with E-state index in [4.69, 9.17) is 11.6 Å². The largest absolute Gasteiger partial charge is 0.279 e. The van der Waals surface area contributed by atoms with Crippen LogP contribution in [-0.2, 0) is 5.88 Å². The first kappa shape index (κ1) is 11.0. The van der Waals surface area contributed by atoms with Crippen LogP contribution in [0, 0.1) is 18.6 Å². The lowest BCUT2D eigenvalue weighted by Crippen LogP contribution is -2.05. The molecule has 0 fully saturated rings. The summed E-state index contributed by atoms with van der Waals surface area (Å²) in [5, 5.41) is 7.25. The summed E-state index contributed by atoms with van der Waals surface area (Å²) < 4.78 is 28.5. The molecule has 0 unspecified atom stereocenters. The monoisotopic (exact) mass is 243 g/mol. The minimum absolute atomic E-state index is 0.0345. The number of benzene rings is 1. The maximum atomic E-state index is 13.8. The average molecular weight is 244 g/mol. The van der Waals surface area contributed by atoms with Crippen molar-refractivity contribution in [2.75, 3.05) is 0 Å². The van der Waals surface area contributed by atoms with Crippen molar-refractivity contribution in [2.24, 2.45) is 0 Å². The Morgan fingerprint density at radius 3 is 2.81 bits per heavy atom. The van der Waals surface area contributed by atoms with Crippen LogP contribution in [0.4, 0.5) is 8.78 Å². The van der Waals surface area contributed by atoms with Gasteiger partial charge in [0.15, 0.2) is 11.6 Å². The van der Waals surface area contributed by atoms with Crippen molar-refractivity contribution < 1.29 is 8.78 Å². The van der Waals surface area contributed by atoms with E-state index in [-0.39, 0.29) is 11.6 Å². The minimum Gasteiger partial charge on any atom is -0.279 e. The summed E-state index contributed by atoms with van der Waals surface area (Å²) in [4.78, 5) is 0. The standard InChI is InChI=1S/C10H8ClF2N3/c1-6-2-3-7(12)10(9(6)13)16-5-14-15-8(16)4-11/h2-3,5H,4H2,1H3. The van der Waals surface area contributed by atoms with Crippen LogP contribution >= 0.6 is 11.6 Å². The minimum atomic E-state index is -0.672. The van der Waals surface area contributed by atoms with E-state index in [0.29, 0.717) is 11.4 Å². The molecule has 0 aliphatic carbocycles. The molecule has 2 rings (SSSR count). The van der Waals surface area contributed by atoms with Crippen molar-refractivity contribution in [2.45, 2.75) is 12.8 Å². The number of halogens is 3. The van der Waals surface area contributed by atoms with Crippen LogP contribution in [0.5, 0.6) is 0 Å². The molecule has 0 amide bonds. The maximum Gasteiger partial charge on any atom is 0.153 e. The zero-order chi connectivity index (χ0) is 11.7. The predicted molar refractivity (Wildman–Crippen MR) is 55.6 cm³/mol. The van der Waals surface area contributed by atoms with Crippen molar-refractivity contribution in [1.29, 1.82) is 0 Å². The van der Waals surface area contributed by atoms with Gasteiger partial charge >= 0.3 is 0 Å². The molecule has 2 aromatic rings. The molecular formula is C10H8ClF2N3. The fourth-order valence-electron chi connectivity index (χ4n) is 1.40. The highest BCUT2D eigenvalue weighted by molar-refractivity contribution is 6.16. The molecule has 0 aliphatic heterocycles. The van der Waals surface area contributed by atoms with Crippen LogP contribution in [-0.4, -0.2) is 14.8 Å². The molecule has 0 atom stereocenters. The van der Waals surface area contributed by atoms with Crippen molar-refractivity contribution in [1.82, 2.24) is 14.8 Å². The highest BCUT2D eigenvalue weighted by Crippen LogP contribution is 2.21. The van der Waals surface area contributed by atoms with Crippen molar-refractivity contribution in [3.05, 3.63) is 41.5 Å². The molecule has 0 aliphatic rings. The van der Waals surface area contributed by atoms with E-state index in [1.165, 1.54) is 23.0 Å². The third kappa shape index (κ3) is 1.67. The third-order valence-electron chi connectivity index (χ3n) is 2.24. The molecule has 0 saturated carbocycles. The first-order chi connectivity index (χ1) is 7.65. The van der Waals surface area contributed by atoms with Crippen LogP contribution in [0.25, 0.3) is 5.69 Å². The van der Waals surface area contributed by atoms with Gasteiger partial charge in [0.05, 0.1) is 5.88 Å². The molecule has 1 aromatic carbocycles. The molecule has 84 valence electrons. The van der Waals surface area contributed by atoms with Gasteiger partial charge in [-0.1, -0.05) is 6.07 Å². The van der Waals surface area contributed by atoms with E-state index in [0.717, 1.165) is 0 Å². The van der Waals surface area contributed by atoms with E-state index >= 15 is 0 Å². The highest BCUT2D eigenvalue weighted by Gasteiger charge is 2.16. The Morgan fingerprint density at radius 2 is 2.12 bits per heavy atom. The molecule has 0 bridgehead atoms. The zero-order valence-electron chi connectivity index (χ0n) is 8.41. The van der Waals surface area contributed by atoms with Crippen LogP contribution < -0.4 is 0 Å². The summed E-state index contributed by atoms with van der Waals surface area (Å²) in [6, 6.07) is 2.57. The summed E-state index contributed by atoms with van der Waals surface area (Å²) in [6.07, 6.45) is 1.23. The quantitative estimate of drug-likeness (QED) is 0.759. The van der Waals surface area contributed by atoms with Gasteiger partial charge in [-0.2, -0.15) is 0 Å². The van der Waals surface area contributed by atoms with Gasteiger partial charge in [-0.25, -0.2) is 8.78 Å². The lowest BCUT2D eigenvalue weighted by atomic mass is 10.2. The maximum absolute atomic E-state index is 13.8. The van der Waals surface area contributed by atoms with E-state index in [9.17, 15) is 8.78 Å². The smallest absolute Gasteiger partial charge is 0.153 e. The normalized spacial score (nSPS) is 10.8. The van der Waals surface area contributed by atoms with Crippen LogP contribution in [0.2, 0.25) is 0 Å². The summed E-state index contributed by atoms with van der Waals surface area (Å²) >= 11 is 5.60. The molecular weight excluding hydrogens is 236 g/mol. The van der Waals surface area contributed by atoms with E-state index < -0.39 is 11.6 Å². The van der Waals surface area contributed by atoms with Crippen LogP contribution in [0.1, 0.15) is 11.4 Å². The predicted octanol–water partition coefficient (Wildman–Crippen LogP) is 2.59. The van der Waals surface area contributed by atoms with Crippen molar-refractivity contribution >= 4 is 11.6 Å². The van der Waals surface area contributed by atoms with Crippen molar-refractivity contribution in [3.63, 3.8) is 0 Å². The SMILES string of the molecule is Cc1ccc(F)c(-n2cnnc2CCl)c1F. The summed E-state index contributed by atoms with van der Waals surface area (Å²) in [6.45, 7) is 1.56. The number of nitrogens with zero attached hydrogens (tertiary/aromatic N) is 3. The van der Waals surface area contributed by atoms with Gasteiger partial charge in [-0.15, -0.1) is 21.8 Å². The molecule has 16 heavy (non-hydrogen) atoms. The number of alkyl halides is 1. The Hall–Kier alpha value is -1.49. The van der Waals surface area contributed by atoms with Gasteiger partial charge < -0.3 is 0 Å². The summed E-state index contributed by atoms with van der Waals surface area (Å²) in [7, 11) is 0. The Morgan fingerprint density at radius 1 is 1.38 bits per heavy atom. The molecule has 0 N–H and O–H groups in total. The Balaban J connectivity index is 2.68. The van der Waals surface area contributed by atoms with Gasteiger partial charge in [0.25, 0.3) is 0 Å². The van der Waals surface area contributed by atoms with Gasteiger partial charge in [0.1, 0.15) is 17.8 Å². The number of rotatable bonds is 2. The second-order valence-corrected chi connectivity index (χ2v) is 3.54. The Labute approximate surface area is 95.7 Å². The second-order valence-electron chi connectivity index (χ2n) is 3.28. The molecule has 0 saturated heterocycles. The van der Waals surface area contributed by atoms with Gasteiger partial charge in [0, 0.05) is 0 Å². The number of aryl methyl sites for hydroxylation is 1. The fraction of sp³-hybridized carbons (Fsp3) is 0.200. The van der Waals surface area contributed by atoms with Gasteiger partial charge in [-0.05, 0) is 18.6 Å². The number of hydrogen-bond acceptors (Lipinski definition) is 2. The second kappa shape index (κ2) is 4.17. The molecule has 3 nitrogen and oxygen atoms in total. The molecule has 6 heteroatoms. The van der Waals surface area contributed by atoms with E-state index in [2.05, 4.69) is 10.2 Å². The van der Waals surface area contributed by atoms with Gasteiger partial charge in [0.2, 0.25) is 0 Å². The molecule has 0 spiro atoms. The topological polar surface area (TPSA) is 30.7 Å². The number of hydrogen-bond donors (Lipinski definition) is 0. The fourth-order valence-corrected chi connectivity index (χ4v) is 1.58. The van der Waals surface area contributed by atoms with E-state index in [1.54, 1.807) is 6.92 Å². The first-order valence-electron chi connectivity index (χ1n) is 4.55. The summed E-state index contributed by atoms with van der Waals surface area (Å²) in [5.74, 6) is -0.974. The lowest BCUT2D eigenvalue weighted by Gasteiger charge is -2.09. The Kier molecular flexibility index (Phi) is 2.87. The third-order valence-corrected chi connectivity index (χ3v) is 2.48. The molecule has 1 aromatic heterocycles. The zero-order valence-corrected chi connectivity index (χ0v) is 9.17. The number of aromatic nitrogens is 3. The lowest BCUT2D eigenvalue weighted by molar-refractivity contribution is 0.561. The first-order valence-corrected chi connectivity index (χ1v) is 5.08. The Bertz CT molecular complexity index is 525.